The quantitative estimate of drug-likeness (QED) is 0.786. The molecule has 5 nitrogen and oxygen atoms in total. The van der Waals surface area contributed by atoms with Gasteiger partial charge in [0.05, 0.1) is 5.92 Å². The third-order valence-corrected chi connectivity index (χ3v) is 3.87. The zero-order valence-electron chi connectivity index (χ0n) is 11.2. The second kappa shape index (κ2) is 4.74. The molecule has 0 spiro atoms. The maximum Gasteiger partial charge on any atom is 0.336 e. The molecule has 2 atom stereocenters. The van der Waals surface area contributed by atoms with Gasteiger partial charge in [-0.1, -0.05) is 24.3 Å². The fraction of sp³-hybridized carbons (Fsp3) is 0.400. The van der Waals surface area contributed by atoms with Crippen molar-refractivity contribution in [2.24, 2.45) is 5.92 Å². The number of nitrogens with zero attached hydrogens (tertiary/aromatic N) is 1. The molecule has 1 aromatic rings. The Morgan fingerprint density at radius 1 is 1.20 bits per heavy atom. The van der Waals surface area contributed by atoms with Crippen molar-refractivity contribution >= 4 is 17.8 Å². The maximum absolute atomic E-state index is 12.0. The number of hydrogen-bond acceptors (Lipinski definition) is 4. The first kappa shape index (κ1) is 12.8. The minimum Gasteiger partial charge on any atom is -0.330 e. The summed E-state index contributed by atoms with van der Waals surface area (Å²) in [5, 5.41) is 0.621. The molecule has 1 heterocycles. The Bertz CT molecular complexity index is 579. The number of amides is 2. The second-order valence-electron chi connectivity index (χ2n) is 5.30. The zero-order valence-corrected chi connectivity index (χ0v) is 11.2. The number of rotatable bonds is 3. The topological polar surface area (TPSA) is 63.7 Å². The smallest absolute Gasteiger partial charge is 0.330 e. The van der Waals surface area contributed by atoms with Crippen LogP contribution in [0.4, 0.5) is 0 Å². The van der Waals surface area contributed by atoms with Gasteiger partial charge in [-0.3, -0.25) is 9.59 Å². The van der Waals surface area contributed by atoms with Crippen molar-refractivity contribution in [1.29, 1.82) is 0 Å². The van der Waals surface area contributed by atoms with Crippen LogP contribution in [0.2, 0.25) is 0 Å². The molecular formula is C15H15NO4. The molecule has 0 bridgehead atoms. The third-order valence-electron chi connectivity index (χ3n) is 3.87. The molecule has 104 valence electrons. The van der Waals surface area contributed by atoms with Gasteiger partial charge in [-0.25, -0.2) is 4.79 Å². The first-order valence-electron chi connectivity index (χ1n) is 6.71. The average molecular weight is 273 g/mol. The standard InChI is InChI=1S/C15H15NO4/c1-9-4-2-3-5-10(9)11-8-12(11)15(19)20-16-13(17)6-7-14(16)18/h2-5,11-12H,6-8H2,1H3/t11-,12+/m0/s1. The minimum atomic E-state index is -0.484. The summed E-state index contributed by atoms with van der Waals surface area (Å²) in [5.74, 6) is -1.47. The van der Waals surface area contributed by atoms with E-state index in [4.69, 9.17) is 4.84 Å². The van der Waals surface area contributed by atoms with Crippen molar-refractivity contribution in [3.8, 4) is 0 Å². The minimum absolute atomic E-state index is 0.123. The molecule has 0 unspecified atom stereocenters. The summed E-state index contributed by atoms with van der Waals surface area (Å²) in [6.45, 7) is 2.00. The summed E-state index contributed by atoms with van der Waals surface area (Å²) in [6.07, 6.45) is 0.954. The van der Waals surface area contributed by atoms with Crippen LogP contribution in [0.3, 0.4) is 0 Å². The van der Waals surface area contributed by atoms with E-state index >= 15 is 0 Å². The number of aryl methyl sites for hydroxylation is 1. The third kappa shape index (κ3) is 2.19. The van der Waals surface area contributed by atoms with Crippen molar-refractivity contribution in [3.05, 3.63) is 35.4 Å². The van der Waals surface area contributed by atoms with Gasteiger partial charge < -0.3 is 4.84 Å². The molecule has 3 rings (SSSR count). The molecule has 1 saturated carbocycles. The van der Waals surface area contributed by atoms with Gasteiger partial charge in [0.25, 0.3) is 11.8 Å². The van der Waals surface area contributed by atoms with Gasteiger partial charge in [0.1, 0.15) is 0 Å². The first-order chi connectivity index (χ1) is 9.58. The summed E-state index contributed by atoms with van der Waals surface area (Å²) in [7, 11) is 0. The number of carbonyl (C=O) groups is 3. The Labute approximate surface area is 116 Å². The largest absolute Gasteiger partial charge is 0.336 e. The summed E-state index contributed by atoms with van der Waals surface area (Å²) in [5.41, 5.74) is 2.27. The Morgan fingerprint density at radius 2 is 1.85 bits per heavy atom. The summed E-state index contributed by atoms with van der Waals surface area (Å²) in [4.78, 5) is 39.7. The number of benzene rings is 1. The molecule has 1 aromatic carbocycles. The van der Waals surface area contributed by atoms with E-state index in [-0.39, 0.29) is 24.7 Å². The molecule has 2 fully saturated rings. The zero-order chi connectivity index (χ0) is 14.3. The fourth-order valence-corrected chi connectivity index (χ4v) is 2.62. The number of hydrogen-bond donors (Lipinski definition) is 0. The lowest BCUT2D eigenvalue weighted by atomic mass is 10.0. The van der Waals surface area contributed by atoms with Crippen molar-refractivity contribution in [3.63, 3.8) is 0 Å². The van der Waals surface area contributed by atoms with Crippen LogP contribution >= 0.6 is 0 Å². The predicted molar refractivity (Wildman–Crippen MR) is 69.2 cm³/mol. The normalized spacial score (nSPS) is 24.9. The first-order valence-corrected chi connectivity index (χ1v) is 6.71. The van der Waals surface area contributed by atoms with Crippen LogP contribution in [0.15, 0.2) is 24.3 Å². The predicted octanol–water partition coefficient (Wildman–Crippen LogP) is 1.71. The lowest BCUT2D eigenvalue weighted by Gasteiger charge is -2.12. The van der Waals surface area contributed by atoms with Crippen molar-refractivity contribution in [1.82, 2.24) is 5.06 Å². The highest BCUT2D eigenvalue weighted by molar-refractivity contribution is 6.01. The van der Waals surface area contributed by atoms with E-state index in [1.54, 1.807) is 0 Å². The Balaban J connectivity index is 1.65. The molecule has 20 heavy (non-hydrogen) atoms. The van der Waals surface area contributed by atoms with Gasteiger partial charge in [0, 0.05) is 12.8 Å². The monoisotopic (exact) mass is 273 g/mol. The van der Waals surface area contributed by atoms with E-state index < -0.39 is 17.8 Å². The van der Waals surface area contributed by atoms with Crippen LogP contribution in [-0.2, 0) is 19.2 Å². The van der Waals surface area contributed by atoms with E-state index in [0.29, 0.717) is 11.5 Å². The van der Waals surface area contributed by atoms with Crippen molar-refractivity contribution in [2.75, 3.05) is 0 Å². The Morgan fingerprint density at radius 3 is 2.50 bits per heavy atom. The van der Waals surface area contributed by atoms with Gasteiger partial charge in [-0.2, -0.15) is 0 Å². The molecule has 1 aliphatic carbocycles. The SMILES string of the molecule is Cc1ccccc1[C@@H]1C[C@H]1C(=O)ON1C(=O)CCC1=O. The molecule has 0 N–H and O–H groups in total. The van der Waals surface area contributed by atoms with Gasteiger partial charge in [0.2, 0.25) is 0 Å². The molecule has 5 heteroatoms. The van der Waals surface area contributed by atoms with Gasteiger partial charge in [-0.05, 0) is 30.4 Å². The molecule has 0 radical (unpaired) electrons. The molecule has 1 aliphatic heterocycles. The van der Waals surface area contributed by atoms with Crippen LogP contribution in [-0.4, -0.2) is 22.8 Å². The van der Waals surface area contributed by atoms with Crippen LogP contribution in [0, 0.1) is 12.8 Å². The lowest BCUT2D eigenvalue weighted by Crippen LogP contribution is -2.32. The van der Waals surface area contributed by atoms with Gasteiger partial charge >= 0.3 is 5.97 Å². The van der Waals surface area contributed by atoms with Gasteiger partial charge in [-0.15, -0.1) is 5.06 Å². The van der Waals surface area contributed by atoms with E-state index in [1.807, 2.05) is 31.2 Å². The summed E-state index contributed by atoms with van der Waals surface area (Å²) >= 11 is 0. The van der Waals surface area contributed by atoms with E-state index in [1.165, 1.54) is 0 Å². The van der Waals surface area contributed by atoms with E-state index in [2.05, 4.69) is 0 Å². The molecule has 2 aliphatic rings. The number of hydroxylamine groups is 2. The second-order valence-corrected chi connectivity index (χ2v) is 5.30. The Hall–Kier alpha value is -2.17. The highest BCUT2D eigenvalue weighted by Gasteiger charge is 2.48. The number of carbonyl (C=O) groups excluding carboxylic acids is 3. The van der Waals surface area contributed by atoms with Crippen LogP contribution in [0.5, 0.6) is 0 Å². The van der Waals surface area contributed by atoms with Crippen molar-refractivity contribution < 1.29 is 19.2 Å². The summed E-state index contributed by atoms with van der Waals surface area (Å²) < 4.78 is 0. The lowest BCUT2D eigenvalue weighted by molar-refractivity contribution is -0.198. The number of imide groups is 1. The molecule has 1 saturated heterocycles. The molecule has 2 amide bonds. The highest BCUT2D eigenvalue weighted by atomic mass is 16.7. The molecule has 0 aromatic heterocycles. The summed E-state index contributed by atoms with van der Waals surface area (Å²) in [6, 6.07) is 7.90. The average Bonchev–Trinajstić information content (AvgIpc) is 3.16. The van der Waals surface area contributed by atoms with Crippen LogP contribution in [0.25, 0.3) is 0 Å². The fourth-order valence-electron chi connectivity index (χ4n) is 2.62. The maximum atomic E-state index is 12.0. The van der Waals surface area contributed by atoms with Crippen molar-refractivity contribution in [2.45, 2.75) is 32.1 Å². The Kier molecular flexibility index (Phi) is 3.04. The van der Waals surface area contributed by atoms with Crippen LogP contribution < -0.4 is 0 Å². The van der Waals surface area contributed by atoms with Gasteiger partial charge in [0.15, 0.2) is 0 Å². The highest BCUT2D eigenvalue weighted by Crippen LogP contribution is 2.49. The molecular weight excluding hydrogens is 258 g/mol. The van der Waals surface area contributed by atoms with Crippen LogP contribution in [0.1, 0.15) is 36.3 Å². The van der Waals surface area contributed by atoms with E-state index in [9.17, 15) is 14.4 Å². The van der Waals surface area contributed by atoms with E-state index in [0.717, 1.165) is 11.1 Å².